The average Bonchev–Trinajstić information content (AvgIpc) is 2.35. The topological polar surface area (TPSA) is 40.5 Å². The minimum Gasteiger partial charge on any atom is -0.478 e. The van der Waals surface area contributed by atoms with Gasteiger partial charge in [0.1, 0.15) is 0 Å². The minimum atomic E-state index is -0.906. The standard InChI is InChI=1S/C17H23NO2/c1-13-5-7-15(14(11-13)6-8-16(19)20)18-10-4-9-17(2,3)12-18/h5-8,11H,4,9-10,12H2,1-3H3,(H,19,20)/b8-6+. The van der Waals surface area contributed by atoms with Crippen LogP contribution in [0, 0.1) is 12.3 Å². The van der Waals surface area contributed by atoms with E-state index in [1.54, 1.807) is 6.08 Å². The summed E-state index contributed by atoms with van der Waals surface area (Å²) in [7, 11) is 0. The number of benzene rings is 1. The van der Waals surface area contributed by atoms with Crippen LogP contribution >= 0.6 is 0 Å². The molecule has 0 radical (unpaired) electrons. The molecule has 0 saturated carbocycles. The number of hydrogen-bond donors (Lipinski definition) is 1. The van der Waals surface area contributed by atoms with Crippen molar-refractivity contribution in [3.63, 3.8) is 0 Å². The zero-order chi connectivity index (χ0) is 14.8. The normalized spacial score (nSPS) is 18.4. The molecule has 1 saturated heterocycles. The van der Waals surface area contributed by atoms with Crippen LogP contribution in [0.5, 0.6) is 0 Å². The third-order valence-electron chi connectivity index (χ3n) is 3.83. The van der Waals surface area contributed by atoms with E-state index in [0.717, 1.165) is 29.9 Å². The van der Waals surface area contributed by atoms with Gasteiger partial charge in [-0.3, -0.25) is 0 Å². The average molecular weight is 273 g/mol. The highest BCUT2D eigenvalue weighted by Crippen LogP contribution is 2.33. The van der Waals surface area contributed by atoms with E-state index in [4.69, 9.17) is 5.11 Å². The molecule has 1 fully saturated rings. The lowest BCUT2D eigenvalue weighted by Gasteiger charge is -2.40. The zero-order valence-corrected chi connectivity index (χ0v) is 12.5. The summed E-state index contributed by atoms with van der Waals surface area (Å²) >= 11 is 0. The predicted molar refractivity (Wildman–Crippen MR) is 83.1 cm³/mol. The number of piperidine rings is 1. The van der Waals surface area contributed by atoms with E-state index >= 15 is 0 Å². The van der Waals surface area contributed by atoms with Crippen molar-refractivity contribution < 1.29 is 9.90 Å². The molecule has 0 amide bonds. The molecular weight excluding hydrogens is 250 g/mol. The van der Waals surface area contributed by atoms with Gasteiger partial charge in [-0.2, -0.15) is 0 Å². The molecule has 1 aliphatic rings. The Labute approximate surface area is 120 Å². The number of hydrogen-bond acceptors (Lipinski definition) is 2. The lowest BCUT2D eigenvalue weighted by Crippen LogP contribution is -2.40. The molecular formula is C17H23NO2. The van der Waals surface area contributed by atoms with Gasteiger partial charge in [0.2, 0.25) is 0 Å². The fraction of sp³-hybridized carbons (Fsp3) is 0.471. The van der Waals surface area contributed by atoms with Gasteiger partial charge in [-0.05, 0) is 49.0 Å². The number of carbonyl (C=O) groups is 1. The van der Waals surface area contributed by atoms with Crippen LogP contribution in [0.4, 0.5) is 5.69 Å². The molecule has 1 aliphatic heterocycles. The summed E-state index contributed by atoms with van der Waals surface area (Å²) in [4.78, 5) is 13.1. The molecule has 108 valence electrons. The maximum absolute atomic E-state index is 10.7. The Hall–Kier alpha value is -1.77. The van der Waals surface area contributed by atoms with E-state index in [2.05, 4.69) is 36.9 Å². The van der Waals surface area contributed by atoms with Crippen LogP contribution in [0.25, 0.3) is 6.08 Å². The first-order valence-corrected chi connectivity index (χ1v) is 7.14. The minimum absolute atomic E-state index is 0.316. The second-order valence-corrected chi connectivity index (χ2v) is 6.42. The van der Waals surface area contributed by atoms with Crippen LogP contribution in [0.1, 0.15) is 37.8 Å². The van der Waals surface area contributed by atoms with E-state index < -0.39 is 5.97 Å². The van der Waals surface area contributed by atoms with Crippen LogP contribution in [-0.2, 0) is 4.79 Å². The molecule has 1 aromatic rings. The third kappa shape index (κ3) is 3.62. The van der Waals surface area contributed by atoms with Crippen molar-refractivity contribution in [1.29, 1.82) is 0 Å². The number of aryl methyl sites for hydroxylation is 1. The van der Waals surface area contributed by atoms with Crippen molar-refractivity contribution in [2.45, 2.75) is 33.6 Å². The summed E-state index contributed by atoms with van der Waals surface area (Å²) in [6.07, 6.45) is 5.35. The summed E-state index contributed by atoms with van der Waals surface area (Å²) in [5.74, 6) is -0.906. The van der Waals surface area contributed by atoms with Crippen molar-refractivity contribution in [3.05, 3.63) is 35.4 Å². The predicted octanol–water partition coefficient (Wildman–Crippen LogP) is 3.72. The molecule has 0 aromatic heterocycles. The van der Waals surface area contributed by atoms with Crippen LogP contribution in [0.15, 0.2) is 24.3 Å². The monoisotopic (exact) mass is 273 g/mol. The summed E-state index contributed by atoms with van der Waals surface area (Å²) in [6.45, 7) is 8.67. The fourth-order valence-corrected chi connectivity index (χ4v) is 2.89. The SMILES string of the molecule is Cc1ccc(N2CCCC(C)(C)C2)c(/C=C/C(=O)O)c1. The van der Waals surface area contributed by atoms with Crippen LogP contribution in [-0.4, -0.2) is 24.2 Å². The van der Waals surface area contributed by atoms with Crippen LogP contribution < -0.4 is 4.90 Å². The van der Waals surface area contributed by atoms with Crippen molar-refractivity contribution in [3.8, 4) is 0 Å². The number of carboxylic acid groups (broad SMARTS) is 1. The maximum Gasteiger partial charge on any atom is 0.328 e. The van der Waals surface area contributed by atoms with Gasteiger partial charge in [-0.1, -0.05) is 25.5 Å². The lowest BCUT2D eigenvalue weighted by atomic mass is 9.83. The summed E-state index contributed by atoms with van der Waals surface area (Å²) in [5.41, 5.74) is 3.60. The van der Waals surface area contributed by atoms with Gasteiger partial charge in [-0.15, -0.1) is 0 Å². The first kappa shape index (κ1) is 14.6. The highest BCUT2D eigenvalue weighted by Gasteiger charge is 2.27. The van der Waals surface area contributed by atoms with E-state index in [1.165, 1.54) is 18.9 Å². The first-order chi connectivity index (χ1) is 9.37. The van der Waals surface area contributed by atoms with Gasteiger partial charge in [0.25, 0.3) is 0 Å². The van der Waals surface area contributed by atoms with Crippen LogP contribution in [0.3, 0.4) is 0 Å². The number of rotatable bonds is 3. The molecule has 0 spiro atoms. The molecule has 2 rings (SSSR count). The number of aliphatic carboxylic acids is 1. The third-order valence-corrected chi connectivity index (χ3v) is 3.83. The zero-order valence-electron chi connectivity index (χ0n) is 12.5. The Bertz CT molecular complexity index is 532. The molecule has 0 atom stereocenters. The molecule has 20 heavy (non-hydrogen) atoms. The number of anilines is 1. The second-order valence-electron chi connectivity index (χ2n) is 6.42. The number of nitrogens with zero attached hydrogens (tertiary/aromatic N) is 1. The number of carboxylic acids is 1. The van der Waals surface area contributed by atoms with Crippen molar-refractivity contribution in [1.82, 2.24) is 0 Å². The van der Waals surface area contributed by atoms with Gasteiger partial charge < -0.3 is 10.0 Å². The van der Waals surface area contributed by atoms with Gasteiger partial charge in [0.05, 0.1) is 0 Å². The molecule has 0 aliphatic carbocycles. The van der Waals surface area contributed by atoms with Crippen molar-refractivity contribution in [2.24, 2.45) is 5.41 Å². The second kappa shape index (κ2) is 5.70. The smallest absolute Gasteiger partial charge is 0.328 e. The lowest BCUT2D eigenvalue weighted by molar-refractivity contribution is -0.131. The summed E-state index contributed by atoms with van der Waals surface area (Å²) in [6, 6.07) is 6.25. The first-order valence-electron chi connectivity index (χ1n) is 7.14. The Balaban J connectivity index is 2.33. The van der Waals surface area contributed by atoms with E-state index in [9.17, 15) is 4.79 Å². The molecule has 1 aromatic carbocycles. The van der Waals surface area contributed by atoms with Crippen molar-refractivity contribution in [2.75, 3.05) is 18.0 Å². The summed E-state index contributed by atoms with van der Waals surface area (Å²) < 4.78 is 0. The Morgan fingerprint density at radius 1 is 1.40 bits per heavy atom. The largest absolute Gasteiger partial charge is 0.478 e. The molecule has 3 heteroatoms. The Morgan fingerprint density at radius 2 is 2.15 bits per heavy atom. The fourth-order valence-electron chi connectivity index (χ4n) is 2.89. The molecule has 0 unspecified atom stereocenters. The van der Waals surface area contributed by atoms with Gasteiger partial charge in [0.15, 0.2) is 0 Å². The molecule has 1 N–H and O–H groups in total. The quantitative estimate of drug-likeness (QED) is 0.853. The van der Waals surface area contributed by atoms with Gasteiger partial charge >= 0.3 is 5.97 Å². The summed E-state index contributed by atoms with van der Waals surface area (Å²) in [5, 5.41) is 8.83. The molecule has 1 heterocycles. The van der Waals surface area contributed by atoms with E-state index in [0.29, 0.717) is 5.41 Å². The van der Waals surface area contributed by atoms with Gasteiger partial charge in [-0.25, -0.2) is 4.79 Å². The molecule has 3 nitrogen and oxygen atoms in total. The Kier molecular flexibility index (Phi) is 4.17. The highest BCUT2D eigenvalue weighted by molar-refractivity contribution is 5.87. The van der Waals surface area contributed by atoms with Gasteiger partial charge in [0, 0.05) is 24.9 Å². The van der Waals surface area contributed by atoms with Crippen molar-refractivity contribution >= 4 is 17.7 Å². The van der Waals surface area contributed by atoms with E-state index in [-0.39, 0.29) is 0 Å². The van der Waals surface area contributed by atoms with Crippen LogP contribution in [0.2, 0.25) is 0 Å². The van der Waals surface area contributed by atoms with E-state index in [1.807, 2.05) is 6.92 Å². The molecule has 0 bridgehead atoms. The Morgan fingerprint density at radius 3 is 2.80 bits per heavy atom. The highest BCUT2D eigenvalue weighted by atomic mass is 16.4. The maximum atomic E-state index is 10.7.